The third-order valence-corrected chi connectivity index (χ3v) is 3.04. The molecule has 1 aliphatic rings. The minimum atomic E-state index is -0.716. The smallest absolute Gasteiger partial charge is 0.321 e. The van der Waals surface area contributed by atoms with Crippen LogP contribution in [0.3, 0.4) is 0 Å². The van der Waals surface area contributed by atoms with Crippen LogP contribution in [-0.2, 0) is 17.8 Å². The van der Waals surface area contributed by atoms with E-state index in [1.165, 1.54) is 11.1 Å². The van der Waals surface area contributed by atoms with E-state index in [2.05, 4.69) is 6.07 Å². The van der Waals surface area contributed by atoms with Crippen LogP contribution in [0.5, 0.6) is 0 Å². The number of aliphatic carboxylic acids is 1. The van der Waals surface area contributed by atoms with Crippen LogP contribution in [0, 0.1) is 0 Å². The minimum absolute atomic E-state index is 0.357. The van der Waals surface area contributed by atoms with Crippen molar-refractivity contribution in [3.63, 3.8) is 0 Å². The van der Waals surface area contributed by atoms with Gasteiger partial charge in [-0.15, -0.1) is 0 Å². The van der Waals surface area contributed by atoms with Gasteiger partial charge in [0.2, 0.25) is 0 Å². The summed E-state index contributed by atoms with van der Waals surface area (Å²) in [6.07, 6.45) is 0.624. The summed E-state index contributed by atoms with van der Waals surface area (Å²) in [6, 6.07) is 7.73. The molecule has 1 aromatic carbocycles. The second-order valence-corrected chi connectivity index (χ2v) is 3.89. The van der Waals surface area contributed by atoms with E-state index in [0.717, 1.165) is 13.1 Å². The first kappa shape index (κ1) is 10.2. The number of benzene rings is 1. The van der Waals surface area contributed by atoms with Crippen molar-refractivity contribution in [2.45, 2.75) is 25.9 Å². The largest absolute Gasteiger partial charge is 0.480 e. The van der Waals surface area contributed by atoms with Gasteiger partial charge in [0.1, 0.15) is 6.04 Å². The Hall–Kier alpha value is -1.35. The predicted octanol–water partition coefficient (Wildman–Crippen LogP) is 1.52. The first-order valence-electron chi connectivity index (χ1n) is 5.26. The molecule has 3 nitrogen and oxygen atoms in total. The number of likely N-dealkylation sites (N-methyl/N-ethyl adjacent to an activating group) is 1. The highest BCUT2D eigenvalue weighted by atomic mass is 16.4. The van der Waals surface area contributed by atoms with Gasteiger partial charge in [-0.25, -0.2) is 0 Å². The molecule has 0 aromatic heterocycles. The van der Waals surface area contributed by atoms with Crippen LogP contribution in [0.15, 0.2) is 24.3 Å². The van der Waals surface area contributed by atoms with Crippen LogP contribution in [0.1, 0.15) is 18.1 Å². The summed E-state index contributed by atoms with van der Waals surface area (Å²) in [5, 5.41) is 9.12. The average molecular weight is 205 g/mol. The maximum Gasteiger partial charge on any atom is 0.321 e. The average Bonchev–Trinajstić information content (AvgIpc) is 2.27. The van der Waals surface area contributed by atoms with E-state index in [4.69, 9.17) is 5.11 Å². The fourth-order valence-electron chi connectivity index (χ4n) is 2.15. The third-order valence-electron chi connectivity index (χ3n) is 3.04. The van der Waals surface area contributed by atoms with Gasteiger partial charge in [-0.1, -0.05) is 31.2 Å². The molecule has 2 rings (SSSR count). The van der Waals surface area contributed by atoms with Crippen molar-refractivity contribution in [3.8, 4) is 0 Å². The summed E-state index contributed by atoms with van der Waals surface area (Å²) in [5.74, 6) is -0.716. The predicted molar refractivity (Wildman–Crippen MR) is 57.7 cm³/mol. The Morgan fingerprint density at radius 2 is 2.13 bits per heavy atom. The molecule has 0 bridgehead atoms. The van der Waals surface area contributed by atoms with Crippen LogP contribution >= 0.6 is 0 Å². The molecule has 0 saturated heterocycles. The molecule has 0 spiro atoms. The summed E-state index contributed by atoms with van der Waals surface area (Å²) >= 11 is 0. The lowest BCUT2D eigenvalue weighted by atomic mass is 9.94. The zero-order chi connectivity index (χ0) is 10.8. The van der Waals surface area contributed by atoms with Crippen LogP contribution in [0.4, 0.5) is 0 Å². The van der Waals surface area contributed by atoms with Crippen molar-refractivity contribution in [3.05, 3.63) is 35.4 Å². The summed E-state index contributed by atoms with van der Waals surface area (Å²) in [4.78, 5) is 13.1. The van der Waals surface area contributed by atoms with Crippen molar-refractivity contribution in [1.29, 1.82) is 0 Å². The van der Waals surface area contributed by atoms with Gasteiger partial charge in [-0.2, -0.15) is 0 Å². The summed E-state index contributed by atoms with van der Waals surface area (Å²) in [7, 11) is 0. The third kappa shape index (κ3) is 1.88. The molecule has 1 atom stereocenters. The highest BCUT2D eigenvalue weighted by Gasteiger charge is 2.29. The van der Waals surface area contributed by atoms with Crippen molar-refractivity contribution in [1.82, 2.24) is 4.90 Å². The molecule has 15 heavy (non-hydrogen) atoms. The Labute approximate surface area is 89.3 Å². The Morgan fingerprint density at radius 1 is 1.47 bits per heavy atom. The monoisotopic (exact) mass is 205 g/mol. The van der Waals surface area contributed by atoms with E-state index >= 15 is 0 Å². The Bertz CT molecular complexity index is 376. The Morgan fingerprint density at radius 3 is 2.73 bits per heavy atom. The van der Waals surface area contributed by atoms with E-state index in [1.54, 1.807) is 0 Å². The van der Waals surface area contributed by atoms with Gasteiger partial charge in [0, 0.05) is 6.54 Å². The van der Waals surface area contributed by atoms with E-state index in [9.17, 15) is 4.79 Å². The number of carboxylic acids is 1. The molecule has 0 amide bonds. The molecule has 0 saturated carbocycles. The highest BCUT2D eigenvalue weighted by Crippen LogP contribution is 2.22. The molecule has 80 valence electrons. The van der Waals surface area contributed by atoms with Crippen LogP contribution in [0.25, 0.3) is 0 Å². The number of carboxylic acid groups (broad SMARTS) is 1. The minimum Gasteiger partial charge on any atom is -0.480 e. The molecule has 0 aliphatic carbocycles. The standard InChI is InChI=1S/C12H15NO2/c1-2-13-8-10-6-4-3-5-9(10)7-11(13)12(14)15/h3-6,11H,2,7-8H2,1H3,(H,14,15)/t11-/m1/s1. The van der Waals surface area contributed by atoms with Crippen LogP contribution in [0.2, 0.25) is 0 Å². The molecular formula is C12H15NO2. The first-order chi connectivity index (χ1) is 7.22. The van der Waals surface area contributed by atoms with E-state index in [0.29, 0.717) is 6.42 Å². The van der Waals surface area contributed by atoms with Crippen LogP contribution < -0.4 is 0 Å². The lowest BCUT2D eigenvalue weighted by molar-refractivity contribution is -0.143. The fourth-order valence-corrected chi connectivity index (χ4v) is 2.15. The van der Waals surface area contributed by atoms with Gasteiger partial charge < -0.3 is 5.11 Å². The maximum atomic E-state index is 11.1. The SMILES string of the molecule is CCN1Cc2ccccc2C[C@@H]1C(=O)O. The number of hydrogen-bond acceptors (Lipinski definition) is 2. The van der Waals surface area contributed by atoms with Gasteiger partial charge in [0.15, 0.2) is 0 Å². The summed E-state index contributed by atoms with van der Waals surface area (Å²) in [5.41, 5.74) is 2.44. The van der Waals surface area contributed by atoms with Gasteiger partial charge in [-0.3, -0.25) is 9.69 Å². The maximum absolute atomic E-state index is 11.1. The molecule has 0 radical (unpaired) electrons. The fraction of sp³-hybridized carbons (Fsp3) is 0.417. The molecule has 1 aromatic rings. The molecular weight excluding hydrogens is 190 g/mol. The first-order valence-corrected chi connectivity index (χ1v) is 5.26. The quantitative estimate of drug-likeness (QED) is 0.795. The topological polar surface area (TPSA) is 40.5 Å². The second-order valence-electron chi connectivity index (χ2n) is 3.89. The molecule has 1 N–H and O–H groups in total. The Kier molecular flexibility index (Phi) is 2.73. The molecule has 0 fully saturated rings. The number of carbonyl (C=O) groups is 1. The highest BCUT2D eigenvalue weighted by molar-refractivity contribution is 5.74. The molecule has 1 heterocycles. The Balaban J connectivity index is 2.30. The second kappa shape index (κ2) is 4.03. The van der Waals surface area contributed by atoms with Gasteiger partial charge >= 0.3 is 5.97 Å². The summed E-state index contributed by atoms with van der Waals surface area (Å²) in [6.45, 7) is 3.54. The number of nitrogens with zero attached hydrogens (tertiary/aromatic N) is 1. The van der Waals surface area contributed by atoms with E-state index < -0.39 is 5.97 Å². The summed E-state index contributed by atoms with van der Waals surface area (Å²) < 4.78 is 0. The van der Waals surface area contributed by atoms with Gasteiger partial charge in [-0.05, 0) is 24.1 Å². The van der Waals surface area contributed by atoms with E-state index in [1.807, 2.05) is 30.0 Å². The molecule has 1 aliphatic heterocycles. The van der Waals surface area contributed by atoms with E-state index in [-0.39, 0.29) is 6.04 Å². The lowest BCUT2D eigenvalue weighted by Crippen LogP contribution is -2.45. The van der Waals surface area contributed by atoms with Gasteiger partial charge in [0.25, 0.3) is 0 Å². The van der Waals surface area contributed by atoms with Crippen molar-refractivity contribution < 1.29 is 9.90 Å². The zero-order valence-electron chi connectivity index (χ0n) is 8.81. The lowest BCUT2D eigenvalue weighted by Gasteiger charge is -2.33. The van der Waals surface area contributed by atoms with Crippen molar-refractivity contribution in [2.24, 2.45) is 0 Å². The number of fused-ring (bicyclic) bond motifs is 1. The normalized spacial score (nSPS) is 21.0. The zero-order valence-corrected chi connectivity index (χ0v) is 8.81. The number of hydrogen-bond donors (Lipinski definition) is 1. The van der Waals surface area contributed by atoms with Gasteiger partial charge in [0.05, 0.1) is 0 Å². The number of rotatable bonds is 2. The van der Waals surface area contributed by atoms with Crippen molar-refractivity contribution in [2.75, 3.05) is 6.54 Å². The molecule has 3 heteroatoms. The van der Waals surface area contributed by atoms with Crippen molar-refractivity contribution >= 4 is 5.97 Å². The van der Waals surface area contributed by atoms with Crippen LogP contribution in [-0.4, -0.2) is 28.6 Å². The molecule has 0 unspecified atom stereocenters.